The molecule has 1 fully saturated rings. The number of fused-ring (bicyclic) bond motifs is 1. The monoisotopic (exact) mass is 448 g/mol. The standard InChI is InChI=1S/C19H20N4O7S/c1-27-11-7-9-13(16(29-3)15(11)28-2)14(25)18(26)23(9)8-12(24)20-19-22-21-17(31-19)10-5-4-6-30-10/h7,10H,4-6,8H2,1-3H3,(H,20,22,24). The van der Waals surface area contributed by atoms with E-state index in [-0.39, 0.29) is 34.6 Å². The second kappa shape index (κ2) is 8.47. The van der Waals surface area contributed by atoms with Crippen LogP contribution in [-0.4, -0.2) is 62.3 Å². The number of amides is 2. The van der Waals surface area contributed by atoms with E-state index in [4.69, 9.17) is 18.9 Å². The van der Waals surface area contributed by atoms with E-state index in [1.807, 2.05) is 0 Å². The summed E-state index contributed by atoms with van der Waals surface area (Å²) in [4.78, 5) is 38.9. The number of benzene rings is 1. The Labute approximate surface area is 181 Å². The summed E-state index contributed by atoms with van der Waals surface area (Å²) in [5, 5.41) is 11.6. The average molecular weight is 448 g/mol. The number of ether oxygens (including phenoxy) is 4. The summed E-state index contributed by atoms with van der Waals surface area (Å²) in [5.74, 6) is -1.66. The second-order valence-corrected chi connectivity index (χ2v) is 7.76. The molecular weight excluding hydrogens is 428 g/mol. The number of hydrogen-bond acceptors (Lipinski definition) is 10. The number of methoxy groups -OCH3 is 3. The van der Waals surface area contributed by atoms with Crippen molar-refractivity contribution in [2.45, 2.75) is 18.9 Å². The molecule has 1 aromatic heterocycles. The van der Waals surface area contributed by atoms with Crippen molar-refractivity contribution in [2.24, 2.45) is 0 Å². The van der Waals surface area contributed by atoms with Crippen molar-refractivity contribution in [3.8, 4) is 17.2 Å². The normalized spacial score (nSPS) is 17.6. The Hall–Kier alpha value is -3.25. The first kappa shape index (κ1) is 21.0. The van der Waals surface area contributed by atoms with Crippen LogP contribution in [0.5, 0.6) is 17.2 Å². The molecule has 0 spiro atoms. The van der Waals surface area contributed by atoms with Gasteiger partial charge in [0.25, 0.3) is 11.7 Å². The number of carbonyl (C=O) groups excluding carboxylic acids is 3. The van der Waals surface area contributed by atoms with Crippen LogP contribution in [0.15, 0.2) is 6.07 Å². The third kappa shape index (κ3) is 3.68. The number of nitrogens with one attached hydrogen (secondary N) is 1. The van der Waals surface area contributed by atoms with Crippen LogP contribution in [0.25, 0.3) is 0 Å². The summed E-state index contributed by atoms with van der Waals surface area (Å²) >= 11 is 1.21. The van der Waals surface area contributed by atoms with Crippen molar-refractivity contribution in [3.05, 3.63) is 16.6 Å². The largest absolute Gasteiger partial charge is 0.493 e. The van der Waals surface area contributed by atoms with Crippen molar-refractivity contribution in [1.82, 2.24) is 10.2 Å². The fourth-order valence-electron chi connectivity index (χ4n) is 3.56. The number of anilines is 2. The number of carbonyl (C=O) groups is 3. The molecule has 0 saturated carbocycles. The number of nitrogens with zero attached hydrogens (tertiary/aromatic N) is 3. The van der Waals surface area contributed by atoms with Gasteiger partial charge in [0.15, 0.2) is 11.5 Å². The summed E-state index contributed by atoms with van der Waals surface area (Å²) in [5.41, 5.74) is 0.228. The van der Waals surface area contributed by atoms with E-state index in [1.165, 1.54) is 38.7 Å². The molecule has 2 amide bonds. The maximum absolute atomic E-state index is 12.6. The molecule has 164 valence electrons. The third-order valence-electron chi connectivity index (χ3n) is 4.96. The van der Waals surface area contributed by atoms with Gasteiger partial charge in [-0.2, -0.15) is 0 Å². The molecule has 1 N–H and O–H groups in total. The van der Waals surface area contributed by atoms with E-state index >= 15 is 0 Å². The lowest BCUT2D eigenvalue weighted by molar-refractivity contribution is -0.118. The lowest BCUT2D eigenvalue weighted by atomic mass is 10.1. The Morgan fingerprint density at radius 3 is 2.65 bits per heavy atom. The van der Waals surface area contributed by atoms with Crippen LogP contribution in [-0.2, 0) is 14.3 Å². The van der Waals surface area contributed by atoms with Crippen LogP contribution in [0, 0.1) is 0 Å². The minimum absolute atomic E-state index is 0.0227. The van der Waals surface area contributed by atoms with E-state index in [9.17, 15) is 14.4 Å². The molecule has 1 unspecified atom stereocenters. The van der Waals surface area contributed by atoms with E-state index in [1.54, 1.807) is 0 Å². The van der Waals surface area contributed by atoms with E-state index in [0.717, 1.165) is 17.7 Å². The van der Waals surface area contributed by atoms with Gasteiger partial charge in [0.1, 0.15) is 17.7 Å². The highest BCUT2D eigenvalue weighted by atomic mass is 32.1. The van der Waals surface area contributed by atoms with Gasteiger partial charge in [0.2, 0.25) is 16.8 Å². The molecule has 3 heterocycles. The number of aromatic nitrogens is 2. The predicted octanol–water partition coefficient (Wildman–Crippen LogP) is 1.58. The van der Waals surface area contributed by atoms with Gasteiger partial charge in [0, 0.05) is 12.7 Å². The fraction of sp³-hybridized carbons (Fsp3) is 0.421. The Balaban J connectivity index is 1.56. The zero-order valence-corrected chi connectivity index (χ0v) is 17.9. The maximum atomic E-state index is 12.6. The van der Waals surface area contributed by atoms with Gasteiger partial charge in [-0.25, -0.2) is 0 Å². The van der Waals surface area contributed by atoms with Gasteiger partial charge in [-0.15, -0.1) is 10.2 Å². The molecule has 1 atom stereocenters. The summed E-state index contributed by atoms with van der Waals surface area (Å²) in [6, 6.07) is 1.47. The fourth-order valence-corrected chi connectivity index (χ4v) is 4.41. The van der Waals surface area contributed by atoms with E-state index in [2.05, 4.69) is 15.5 Å². The first-order valence-corrected chi connectivity index (χ1v) is 10.2. The van der Waals surface area contributed by atoms with E-state index in [0.29, 0.717) is 16.7 Å². The van der Waals surface area contributed by atoms with Gasteiger partial charge in [0.05, 0.1) is 32.6 Å². The van der Waals surface area contributed by atoms with Crippen LogP contribution in [0.3, 0.4) is 0 Å². The molecule has 0 bridgehead atoms. The van der Waals surface area contributed by atoms with Gasteiger partial charge in [-0.1, -0.05) is 11.3 Å². The zero-order valence-electron chi connectivity index (χ0n) is 17.1. The quantitative estimate of drug-likeness (QED) is 0.628. The molecule has 11 nitrogen and oxygen atoms in total. The van der Waals surface area contributed by atoms with Crippen LogP contribution < -0.4 is 24.4 Å². The van der Waals surface area contributed by atoms with Crippen LogP contribution in [0.4, 0.5) is 10.8 Å². The van der Waals surface area contributed by atoms with Crippen LogP contribution in [0.1, 0.15) is 34.3 Å². The summed E-state index contributed by atoms with van der Waals surface area (Å²) in [6.45, 7) is 0.277. The van der Waals surface area contributed by atoms with Crippen molar-refractivity contribution in [1.29, 1.82) is 0 Å². The Bertz CT molecular complexity index is 1050. The van der Waals surface area contributed by atoms with Crippen molar-refractivity contribution in [2.75, 3.05) is 44.7 Å². The molecule has 2 aromatic rings. The van der Waals surface area contributed by atoms with Crippen molar-refractivity contribution < 1.29 is 33.3 Å². The third-order valence-corrected chi connectivity index (χ3v) is 5.89. The van der Waals surface area contributed by atoms with E-state index < -0.39 is 24.1 Å². The maximum Gasteiger partial charge on any atom is 0.300 e. The molecular formula is C19H20N4O7S. The number of ketones is 1. The number of hydrogen-bond donors (Lipinski definition) is 1. The summed E-state index contributed by atoms with van der Waals surface area (Å²) in [6.07, 6.45) is 1.70. The topological polar surface area (TPSA) is 129 Å². The summed E-state index contributed by atoms with van der Waals surface area (Å²) in [7, 11) is 4.17. The first-order chi connectivity index (χ1) is 15.0. The van der Waals surface area contributed by atoms with Crippen molar-refractivity contribution in [3.63, 3.8) is 0 Å². The van der Waals surface area contributed by atoms with Gasteiger partial charge in [-0.05, 0) is 12.8 Å². The lowest BCUT2D eigenvalue weighted by Gasteiger charge is -2.19. The predicted molar refractivity (Wildman–Crippen MR) is 109 cm³/mol. The highest BCUT2D eigenvalue weighted by molar-refractivity contribution is 7.15. The van der Waals surface area contributed by atoms with Crippen molar-refractivity contribution >= 4 is 39.8 Å². The SMILES string of the molecule is COc1cc2c(c(OC)c1OC)C(=O)C(=O)N2CC(=O)Nc1nnc(C2CCCO2)s1. The lowest BCUT2D eigenvalue weighted by Crippen LogP contribution is -2.37. The molecule has 2 aliphatic heterocycles. The Kier molecular flexibility index (Phi) is 5.74. The van der Waals surface area contributed by atoms with Gasteiger partial charge in [-0.3, -0.25) is 24.6 Å². The molecule has 0 aliphatic carbocycles. The second-order valence-electron chi connectivity index (χ2n) is 6.76. The molecule has 4 rings (SSSR count). The molecule has 12 heteroatoms. The minimum Gasteiger partial charge on any atom is -0.493 e. The molecule has 2 aliphatic rings. The van der Waals surface area contributed by atoms with Crippen LogP contribution >= 0.6 is 11.3 Å². The Morgan fingerprint density at radius 2 is 2.00 bits per heavy atom. The molecule has 1 aromatic carbocycles. The highest BCUT2D eigenvalue weighted by Crippen LogP contribution is 2.48. The van der Waals surface area contributed by atoms with Gasteiger partial charge < -0.3 is 18.9 Å². The highest BCUT2D eigenvalue weighted by Gasteiger charge is 2.42. The first-order valence-electron chi connectivity index (χ1n) is 9.42. The number of Topliss-reactive ketones (excluding diaryl/α,β-unsaturated/α-hetero) is 1. The molecule has 1 saturated heterocycles. The molecule has 0 radical (unpaired) electrons. The van der Waals surface area contributed by atoms with Gasteiger partial charge >= 0.3 is 0 Å². The average Bonchev–Trinajstić information content (AvgIpc) is 3.50. The minimum atomic E-state index is -0.851. The molecule has 31 heavy (non-hydrogen) atoms. The zero-order chi connectivity index (χ0) is 22.1. The smallest absolute Gasteiger partial charge is 0.300 e. The number of rotatable bonds is 7. The van der Waals surface area contributed by atoms with Crippen LogP contribution in [0.2, 0.25) is 0 Å². The summed E-state index contributed by atoms with van der Waals surface area (Å²) < 4.78 is 21.4. The Morgan fingerprint density at radius 1 is 1.23 bits per heavy atom.